The molecular weight excluding hydrogens is 210 g/mol. The second-order valence-corrected chi connectivity index (χ2v) is 4.36. The lowest BCUT2D eigenvalue weighted by molar-refractivity contribution is 0.219. The van der Waals surface area contributed by atoms with E-state index in [4.69, 9.17) is 5.73 Å². The van der Waals surface area contributed by atoms with Crippen molar-refractivity contribution < 1.29 is 5.11 Å². The van der Waals surface area contributed by atoms with Crippen LogP contribution < -0.4 is 5.73 Å². The summed E-state index contributed by atoms with van der Waals surface area (Å²) in [7, 11) is 0. The predicted octanol–water partition coefficient (Wildman–Crippen LogP) is 1.51. The summed E-state index contributed by atoms with van der Waals surface area (Å²) >= 11 is 1.27. The number of pyridine rings is 1. The minimum atomic E-state index is -0.736. The molecule has 0 fully saturated rings. The molecule has 0 saturated heterocycles. The molecule has 5 heteroatoms. The van der Waals surface area contributed by atoms with Gasteiger partial charge in [0.25, 0.3) is 0 Å². The number of thiazole rings is 1. The molecule has 0 aromatic carbocycles. The van der Waals surface area contributed by atoms with Gasteiger partial charge in [0.05, 0.1) is 10.6 Å². The van der Waals surface area contributed by atoms with E-state index in [1.807, 2.05) is 13.0 Å². The Kier molecular flexibility index (Phi) is 2.66. The third-order valence-corrected chi connectivity index (χ3v) is 2.90. The van der Waals surface area contributed by atoms with E-state index >= 15 is 0 Å². The van der Waals surface area contributed by atoms with Crippen molar-refractivity contribution in [1.29, 1.82) is 0 Å². The highest BCUT2D eigenvalue weighted by atomic mass is 32.1. The number of aliphatic hydroxyl groups is 1. The molecule has 2 rings (SSSR count). The molecule has 0 aliphatic rings. The molecule has 1 atom stereocenters. The van der Waals surface area contributed by atoms with Gasteiger partial charge in [0.2, 0.25) is 0 Å². The van der Waals surface area contributed by atoms with Gasteiger partial charge in [-0.2, -0.15) is 0 Å². The molecule has 2 heterocycles. The number of nitrogens with two attached hydrogens (primary N) is 1. The number of aromatic nitrogens is 2. The molecule has 0 radical (unpaired) electrons. The standard InChI is InChI=1S/C10H11N3OS/c1-6-2-3-7(12-4-6)9(14)8-5-13-10(11)15-8/h2-5,9,14H,1H3,(H2,11,13). The quantitative estimate of drug-likeness (QED) is 0.806. The number of hydrogen-bond acceptors (Lipinski definition) is 5. The van der Waals surface area contributed by atoms with Crippen LogP contribution in [0.4, 0.5) is 5.13 Å². The maximum Gasteiger partial charge on any atom is 0.180 e. The predicted molar refractivity (Wildman–Crippen MR) is 59.6 cm³/mol. The molecule has 0 aliphatic carbocycles. The molecule has 0 amide bonds. The van der Waals surface area contributed by atoms with Crippen molar-refractivity contribution in [3.63, 3.8) is 0 Å². The van der Waals surface area contributed by atoms with E-state index in [2.05, 4.69) is 9.97 Å². The zero-order valence-electron chi connectivity index (χ0n) is 8.21. The molecule has 2 aromatic rings. The molecular formula is C10H11N3OS. The molecule has 1 unspecified atom stereocenters. The first-order valence-corrected chi connectivity index (χ1v) is 5.30. The first-order chi connectivity index (χ1) is 7.16. The van der Waals surface area contributed by atoms with Gasteiger partial charge in [-0.15, -0.1) is 0 Å². The van der Waals surface area contributed by atoms with Crippen LogP contribution in [-0.2, 0) is 0 Å². The van der Waals surface area contributed by atoms with Crippen molar-refractivity contribution in [1.82, 2.24) is 9.97 Å². The Labute approximate surface area is 91.4 Å². The number of aliphatic hydroxyl groups excluding tert-OH is 1. The van der Waals surface area contributed by atoms with Crippen molar-refractivity contribution in [3.05, 3.63) is 40.7 Å². The summed E-state index contributed by atoms with van der Waals surface area (Å²) in [5, 5.41) is 10.4. The van der Waals surface area contributed by atoms with Crippen LogP contribution in [0.3, 0.4) is 0 Å². The van der Waals surface area contributed by atoms with Gasteiger partial charge in [0, 0.05) is 12.4 Å². The van der Waals surface area contributed by atoms with Crippen LogP contribution in [0.25, 0.3) is 0 Å². The van der Waals surface area contributed by atoms with Gasteiger partial charge in [0.15, 0.2) is 5.13 Å². The van der Waals surface area contributed by atoms with E-state index < -0.39 is 6.10 Å². The summed E-state index contributed by atoms with van der Waals surface area (Å²) in [5.74, 6) is 0. The summed E-state index contributed by atoms with van der Waals surface area (Å²) in [6.07, 6.45) is 2.57. The maximum absolute atomic E-state index is 9.95. The Bertz CT molecular complexity index is 452. The molecule has 15 heavy (non-hydrogen) atoms. The second kappa shape index (κ2) is 3.96. The molecule has 4 nitrogen and oxygen atoms in total. The van der Waals surface area contributed by atoms with Gasteiger partial charge in [-0.05, 0) is 18.6 Å². The minimum Gasteiger partial charge on any atom is -0.381 e. The Morgan fingerprint density at radius 3 is 2.67 bits per heavy atom. The first-order valence-electron chi connectivity index (χ1n) is 4.48. The second-order valence-electron chi connectivity index (χ2n) is 3.26. The highest BCUT2D eigenvalue weighted by Gasteiger charge is 2.14. The van der Waals surface area contributed by atoms with Crippen LogP contribution in [0.15, 0.2) is 24.5 Å². The average Bonchev–Trinajstić information content (AvgIpc) is 2.65. The van der Waals surface area contributed by atoms with Gasteiger partial charge < -0.3 is 10.8 Å². The highest BCUT2D eigenvalue weighted by molar-refractivity contribution is 7.15. The molecule has 2 aromatic heterocycles. The van der Waals surface area contributed by atoms with E-state index in [0.29, 0.717) is 15.7 Å². The van der Waals surface area contributed by atoms with E-state index in [-0.39, 0.29) is 0 Å². The van der Waals surface area contributed by atoms with Crippen molar-refractivity contribution in [2.75, 3.05) is 5.73 Å². The van der Waals surface area contributed by atoms with Crippen LogP contribution in [0.5, 0.6) is 0 Å². The molecule has 0 bridgehead atoms. The van der Waals surface area contributed by atoms with Crippen molar-refractivity contribution in [2.24, 2.45) is 0 Å². The number of rotatable bonds is 2. The summed E-state index contributed by atoms with van der Waals surface area (Å²) in [5.41, 5.74) is 7.17. The number of nitrogen functional groups attached to an aromatic ring is 1. The van der Waals surface area contributed by atoms with Crippen molar-refractivity contribution in [2.45, 2.75) is 13.0 Å². The fourth-order valence-electron chi connectivity index (χ4n) is 1.21. The number of anilines is 1. The lowest BCUT2D eigenvalue weighted by Gasteiger charge is -2.06. The van der Waals surface area contributed by atoms with Crippen LogP contribution in [-0.4, -0.2) is 15.1 Å². The molecule has 0 saturated carbocycles. The van der Waals surface area contributed by atoms with E-state index in [1.165, 1.54) is 11.3 Å². The Balaban J connectivity index is 2.28. The van der Waals surface area contributed by atoms with Crippen LogP contribution >= 0.6 is 11.3 Å². The monoisotopic (exact) mass is 221 g/mol. The lowest BCUT2D eigenvalue weighted by Crippen LogP contribution is -1.99. The minimum absolute atomic E-state index is 0.455. The summed E-state index contributed by atoms with van der Waals surface area (Å²) in [6.45, 7) is 1.95. The third kappa shape index (κ3) is 2.14. The fourth-order valence-corrected chi connectivity index (χ4v) is 1.90. The topological polar surface area (TPSA) is 72.0 Å². The van der Waals surface area contributed by atoms with Crippen LogP contribution in [0, 0.1) is 6.92 Å². The Morgan fingerprint density at radius 1 is 1.33 bits per heavy atom. The van der Waals surface area contributed by atoms with Gasteiger partial charge in [-0.1, -0.05) is 17.4 Å². The van der Waals surface area contributed by atoms with Gasteiger partial charge in [-0.25, -0.2) is 4.98 Å². The SMILES string of the molecule is Cc1ccc(C(O)c2cnc(N)s2)nc1. The summed E-state index contributed by atoms with van der Waals surface area (Å²) in [6, 6.07) is 3.71. The number of nitrogens with zero attached hydrogens (tertiary/aromatic N) is 2. The highest BCUT2D eigenvalue weighted by Crippen LogP contribution is 2.26. The normalized spacial score (nSPS) is 12.7. The Hall–Kier alpha value is -1.46. The van der Waals surface area contributed by atoms with Crippen LogP contribution in [0.1, 0.15) is 22.2 Å². The van der Waals surface area contributed by atoms with E-state index in [9.17, 15) is 5.11 Å². The largest absolute Gasteiger partial charge is 0.381 e. The van der Waals surface area contributed by atoms with Crippen molar-refractivity contribution in [3.8, 4) is 0 Å². The Morgan fingerprint density at radius 2 is 2.13 bits per heavy atom. The van der Waals surface area contributed by atoms with E-state index in [0.717, 1.165) is 5.56 Å². The van der Waals surface area contributed by atoms with Gasteiger partial charge in [0.1, 0.15) is 6.10 Å². The van der Waals surface area contributed by atoms with Gasteiger partial charge >= 0.3 is 0 Å². The zero-order valence-corrected chi connectivity index (χ0v) is 9.03. The molecule has 0 spiro atoms. The summed E-state index contributed by atoms with van der Waals surface area (Å²) < 4.78 is 0. The lowest BCUT2D eigenvalue weighted by atomic mass is 10.2. The average molecular weight is 221 g/mol. The zero-order chi connectivity index (χ0) is 10.8. The van der Waals surface area contributed by atoms with Crippen molar-refractivity contribution >= 4 is 16.5 Å². The number of hydrogen-bond donors (Lipinski definition) is 2. The number of aryl methyl sites for hydroxylation is 1. The van der Waals surface area contributed by atoms with E-state index in [1.54, 1.807) is 18.5 Å². The maximum atomic E-state index is 9.95. The third-order valence-electron chi connectivity index (χ3n) is 2.03. The molecule has 0 aliphatic heterocycles. The summed E-state index contributed by atoms with van der Waals surface area (Å²) in [4.78, 5) is 8.75. The van der Waals surface area contributed by atoms with Gasteiger partial charge in [-0.3, -0.25) is 4.98 Å². The smallest absolute Gasteiger partial charge is 0.180 e. The fraction of sp³-hybridized carbons (Fsp3) is 0.200. The molecule has 3 N–H and O–H groups in total. The first kappa shape index (κ1) is 10.1. The molecule has 78 valence electrons. The van der Waals surface area contributed by atoms with Crippen LogP contribution in [0.2, 0.25) is 0 Å².